The highest BCUT2D eigenvalue weighted by Crippen LogP contribution is 2.05. The van der Waals surface area contributed by atoms with Gasteiger partial charge in [-0.2, -0.15) is 0 Å². The number of hydrogen-bond acceptors (Lipinski definition) is 3. The molecule has 0 aliphatic carbocycles. The van der Waals surface area contributed by atoms with Gasteiger partial charge in [0.2, 0.25) is 5.91 Å². The van der Waals surface area contributed by atoms with Gasteiger partial charge in [-0.25, -0.2) is 0 Å². The fourth-order valence-electron chi connectivity index (χ4n) is 0.850. The van der Waals surface area contributed by atoms with Crippen molar-refractivity contribution in [1.82, 2.24) is 10.3 Å². The molecule has 84 valence electrons. The Morgan fingerprint density at radius 2 is 2.33 bits per heavy atom. The lowest BCUT2D eigenvalue weighted by Gasteiger charge is -2.06. The molecule has 0 fully saturated rings. The minimum Gasteiger partial charge on any atom is -0.349 e. The molecule has 0 saturated heterocycles. The molecule has 0 aliphatic heterocycles. The van der Waals surface area contributed by atoms with Crippen molar-refractivity contribution in [1.29, 1.82) is 0 Å². The topological polar surface area (TPSA) is 68.0 Å². The van der Waals surface area contributed by atoms with Crippen LogP contribution in [0.3, 0.4) is 0 Å². The van der Waals surface area contributed by atoms with E-state index in [1.54, 1.807) is 19.1 Å². The standard InChI is InChI=1S/C9H12ClN3O.ClH/c1-6(11)9(14)13-5-8-3-2-7(10)4-12-8;/h2-4,6H,5,11H2,1H3,(H,13,14);1H. The first-order chi connectivity index (χ1) is 6.59. The maximum absolute atomic E-state index is 11.1. The zero-order chi connectivity index (χ0) is 10.6. The van der Waals surface area contributed by atoms with Crippen molar-refractivity contribution in [2.45, 2.75) is 19.5 Å². The molecule has 6 heteroatoms. The maximum atomic E-state index is 11.1. The molecule has 0 aliphatic rings. The summed E-state index contributed by atoms with van der Waals surface area (Å²) < 4.78 is 0. The van der Waals surface area contributed by atoms with Crippen LogP contribution in [0.2, 0.25) is 5.02 Å². The number of nitrogens with one attached hydrogen (secondary N) is 1. The lowest BCUT2D eigenvalue weighted by atomic mass is 10.3. The molecule has 0 spiro atoms. The van der Waals surface area contributed by atoms with E-state index in [0.29, 0.717) is 11.6 Å². The fraction of sp³-hybridized carbons (Fsp3) is 0.333. The molecule has 4 nitrogen and oxygen atoms in total. The molecule has 0 bridgehead atoms. The zero-order valence-electron chi connectivity index (χ0n) is 8.24. The van der Waals surface area contributed by atoms with Crippen molar-refractivity contribution in [2.24, 2.45) is 5.73 Å². The number of hydrogen-bond donors (Lipinski definition) is 2. The van der Waals surface area contributed by atoms with Crippen LogP contribution >= 0.6 is 24.0 Å². The Morgan fingerprint density at radius 3 is 2.80 bits per heavy atom. The monoisotopic (exact) mass is 249 g/mol. The first kappa shape index (κ1) is 14.2. The maximum Gasteiger partial charge on any atom is 0.236 e. The second-order valence-corrected chi connectivity index (χ2v) is 3.41. The van der Waals surface area contributed by atoms with E-state index in [-0.39, 0.29) is 18.3 Å². The van der Waals surface area contributed by atoms with Gasteiger partial charge in [-0.05, 0) is 19.1 Å². The summed E-state index contributed by atoms with van der Waals surface area (Å²) in [6.07, 6.45) is 1.54. The molecule has 1 amide bonds. The van der Waals surface area contributed by atoms with Crippen LogP contribution in [0, 0.1) is 0 Å². The molecule has 1 aromatic heterocycles. The summed E-state index contributed by atoms with van der Waals surface area (Å²) in [7, 11) is 0. The van der Waals surface area contributed by atoms with E-state index in [9.17, 15) is 4.79 Å². The summed E-state index contributed by atoms with van der Waals surface area (Å²) in [6.45, 7) is 2.00. The van der Waals surface area contributed by atoms with Gasteiger partial charge in [0.15, 0.2) is 0 Å². The molecular formula is C9H13Cl2N3O. The Kier molecular flexibility index (Phi) is 6.24. The van der Waals surface area contributed by atoms with Crippen molar-refractivity contribution in [2.75, 3.05) is 0 Å². The third kappa shape index (κ3) is 4.97. The molecule has 1 heterocycles. The smallest absolute Gasteiger partial charge is 0.236 e. The van der Waals surface area contributed by atoms with Gasteiger partial charge in [0.25, 0.3) is 0 Å². The van der Waals surface area contributed by atoms with Crippen LogP contribution in [0.15, 0.2) is 18.3 Å². The number of nitrogens with two attached hydrogens (primary N) is 1. The Morgan fingerprint density at radius 1 is 1.67 bits per heavy atom. The van der Waals surface area contributed by atoms with Gasteiger partial charge in [-0.3, -0.25) is 9.78 Å². The predicted molar refractivity (Wildman–Crippen MR) is 62.0 cm³/mol. The number of carbonyl (C=O) groups excluding carboxylic acids is 1. The van der Waals surface area contributed by atoms with Crippen LogP contribution in [0.1, 0.15) is 12.6 Å². The summed E-state index contributed by atoms with van der Waals surface area (Å²) >= 11 is 5.65. The van der Waals surface area contributed by atoms with Gasteiger partial charge < -0.3 is 11.1 Å². The van der Waals surface area contributed by atoms with E-state index in [2.05, 4.69) is 10.3 Å². The summed E-state index contributed by atoms with van der Waals surface area (Å²) in [5.41, 5.74) is 6.12. The number of nitrogens with zero attached hydrogens (tertiary/aromatic N) is 1. The second-order valence-electron chi connectivity index (χ2n) is 2.97. The highest BCUT2D eigenvalue weighted by Gasteiger charge is 2.06. The van der Waals surface area contributed by atoms with Crippen LogP contribution in [-0.4, -0.2) is 16.9 Å². The number of carbonyl (C=O) groups is 1. The molecule has 1 rings (SSSR count). The largest absolute Gasteiger partial charge is 0.349 e. The highest BCUT2D eigenvalue weighted by atomic mass is 35.5. The Bertz CT molecular complexity index is 314. The van der Waals surface area contributed by atoms with Crippen LogP contribution in [0.5, 0.6) is 0 Å². The van der Waals surface area contributed by atoms with E-state index in [1.807, 2.05) is 0 Å². The quantitative estimate of drug-likeness (QED) is 0.844. The number of aromatic nitrogens is 1. The lowest BCUT2D eigenvalue weighted by molar-refractivity contribution is -0.122. The van der Waals surface area contributed by atoms with Gasteiger partial charge in [-0.15, -0.1) is 12.4 Å². The number of amides is 1. The predicted octanol–water partition coefficient (Wildman–Crippen LogP) is 1.12. The first-order valence-corrected chi connectivity index (χ1v) is 4.61. The van der Waals surface area contributed by atoms with Crippen molar-refractivity contribution in [3.05, 3.63) is 29.0 Å². The molecule has 1 unspecified atom stereocenters. The first-order valence-electron chi connectivity index (χ1n) is 4.23. The van der Waals surface area contributed by atoms with E-state index in [1.165, 1.54) is 6.20 Å². The molecule has 0 radical (unpaired) electrons. The molecule has 1 atom stereocenters. The Labute approximate surface area is 99.6 Å². The number of halogens is 2. The van der Waals surface area contributed by atoms with Gasteiger partial charge in [0.05, 0.1) is 23.3 Å². The van der Waals surface area contributed by atoms with Gasteiger partial charge in [0.1, 0.15) is 0 Å². The van der Waals surface area contributed by atoms with E-state index < -0.39 is 6.04 Å². The number of rotatable bonds is 3. The zero-order valence-corrected chi connectivity index (χ0v) is 9.81. The van der Waals surface area contributed by atoms with Gasteiger partial charge in [0, 0.05) is 6.20 Å². The summed E-state index contributed by atoms with van der Waals surface area (Å²) in [6, 6.07) is 2.98. The van der Waals surface area contributed by atoms with Gasteiger partial charge >= 0.3 is 0 Å². The molecule has 1 aromatic rings. The van der Waals surface area contributed by atoms with Crippen LogP contribution < -0.4 is 11.1 Å². The van der Waals surface area contributed by atoms with E-state index in [4.69, 9.17) is 17.3 Å². The summed E-state index contributed by atoms with van der Waals surface area (Å²) in [5, 5.41) is 3.22. The highest BCUT2D eigenvalue weighted by molar-refractivity contribution is 6.30. The molecular weight excluding hydrogens is 237 g/mol. The van der Waals surface area contributed by atoms with Crippen LogP contribution in [-0.2, 0) is 11.3 Å². The van der Waals surface area contributed by atoms with Crippen molar-refractivity contribution in [3.63, 3.8) is 0 Å². The minimum absolute atomic E-state index is 0. The van der Waals surface area contributed by atoms with Crippen molar-refractivity contribution < 1.29 is 4.79 Å². The van der Waals surface area contributed by atoms with Gasteiger partial charge in [-0.1, -0.05) is 11.6 Å². The van der Waals surface area contributed by atoms with E-state index >= 15 is 0 Å². The fourth-order valence-corrected chi connectivity index (χ4v) is 0.961. The SMILES string of the molecule is CC(N)C(=O)NCc1ccc(Cl)cn1.Cl. The molecule has 3 N–H and O–H groups in total. The van der Waals surface area contributed by atoms with Crippen LogP contribution in [0.25, 0.3) is 0 Å². The summed E-state index contributed by atoms with van der Waals surface area (Å²) in [4.78, 5) is 15.1. The molecule has 0 aromatic carbocycles. The van der Waals surface area contributed by atoms with E-state index in [0.717, 1.165) is 5.69 Å². The van der Waals surface area contributed by atoms with Crippen LogP contribution in [0.4, 0.5) is 0 Å². The average Bonchev–Trinajstić information content (AvgIpc) is 2.16. The van der Waals surface area contributed by atoms with Crippen molar-refractivity contribution >= 4 is 29.9 Å². The second kappa shape index (κ2) is 6.61. The Balaban J connectivity index is 0.00000196. The van der Waals surface area contributed by atoms with Crippen molar-refractivity contribution in [3.8, 4) is 0 Å². The third-order valence-electron chi connectivity index (χ3n) is 1.65. The summed E-state index contributed by atoms with van der Waals surface area (Å²) in [5.74, 6) is -0.193. The average molecular weight is 250 g/mol. The third-order valence-corrected chi connectivity index (χ3v) is 1.87. The minimum atomic E-state index is -0.498. The lowest BCUT2D eigenvalue weighted by Crippen LogP contribution is -2.37. The Hall–Kier alpha value is -0.840. The molecule has 15 heavy (non-hydrogen) atoms. The molecule has 0 saturated carbocycles. The normalized spacial score (nSPS) is 11.4. The number of pyridine rings is 1.